The van der Waals surface area contributed by atoms with E-state index in [1.165, 1.54) is 19.3 Å². The first-order valence-electron chi connectivity index (χ1n) is 11.4. The molecule has 1 fully saturated rings. The van der Waals surface area contributed by atoms with Gasteiger partial charge in [0.05, 0.1) is 11.2 Å². The van der Waals surface area contributed by atoms with Gasteiger partial charge in [-0.15, -0.1) is 0 Å². The summed E-state index contributed by atoms with van der Waals surface area (Å²) in [5, 5.41) is 15.2. The van der Waals surface area contributed by atoms with Crippen LogP contribution >= 0.6 is 0 Å². The number of nitrogens with two attached hydrogens (primary N) is 2. The number of carbonyl (C=O) groups excluding carboxylic acids is 2. The summed E-state index contributed by atoms with van der Waals surface area (Å²) in [6.07, 6.45) is 4.64. The Hall–Kier alpha value is -4.01. The molecule has 1 aromatic heterocycles. The Morgan fingerprint density at radius 2 is 1.74 bits per heavy atom. The third-order valence-electron chi connectivity index (χ3n) is 6.43. The van der Waals surface area contributed by atoms with E-state index in [1.54, 1.807) is 47.0 Å². The average molecular weight is 464 g/mol. The molecule has 2 aromatic carbocycles. The van der Waals surface area contributed by atoms with Gasteiger partial charge >= 0.3 is 6.09 Å². The quantitative estimate of drug-likeness (QED) is 0.361. The van der Waals surface area contributed by atoms with E-state index >= 15 is 0 Å². The molecule has 3 aromatic rings. The molecule has 34 heavy (non-hydrogen) atoms. The number of hydrogen-bond acceptors (Lipinski definition) is 4. The zero-order valence-electron chi connectivity index (χ0n) is 18.8. The normalized spacial score (nSPS) is 14.1. The maximum atomic E-state index is 13.3. The molecule has 0 bridgehead atoms. The highest BCUT2D eigenvalue weighted by atomic mass is 16.4. The van der Waals surface area contributed by atoms with E-state index in [2.05, 4.69) is 10.6 Å². The van der Waals surface area contributed by atoms with E-state index < -0.39 is 12.0 Å². The summed E-state index contributed by atoms with van der Waals surface area (Å²) in [4.78, 5) is 35.9. The third kappa shape index (κ3) is 4.98. The van der Waals surface area contributed by atoms with Gasteiger partial charge in [-0.2, -0.15) is 0 Å². The Labute approximate surface area is 197 Å². The monoisotopic (exact) mass is 463 g/mol. The number of fused-ring (bicyclic) bond motifs is 1. The van der Waals surface area contributed by atoms with Gasteiger partial charge in [-0.3, -0.25) is 14.9 Å². The highest BCUT2D eigenvalue weighted by Gasteiger charge is 2.23. The van der Waals surface area contributed by atoms with E-state index in [0.717, 1.165) is 18.4 Å². The Bertz CT molecular complexity index is 1230. The SMILES string of the molecule is NC(=O)c1ccc(Cn2c(C(=O)NCC3CCCCC3)c(N)c3ccc(NC(=O)O)cc32)cc1. The van der Waals surface area contributed by atoms with Crippen molar-refractivity contribution in [2.45, 2.75) is 38.6 Å². The van der Waals surface area contributed by atoms with Crippen LogP contribution in [0.3, 0.4) is 0 Å². The number of benzene rings is 2. The number of anilines is 2. The predicted molar refractivity (Wildman–Crippen MR) is 131 cm³/mol. The van der Waals surface area contributed by atoms with Crippen molar-refractivity contribution in [3.8, 4) is 0 Å². The molecule has 0 aliphatic heterocycles. The van der Waals surface area contributed by atoms with Gasteiger partial charge in [0.15, 0.2) is 0 Å². The average Bonchev–Trinajstić information content (AvgIpc) is 3.09. The molecule has 0 radical (unpaired) electrons. The minimum Gasteiger partial charge on any atom is -0.465 e. The second-order valence-corrected chi connectivity index (χ2v) is 8.79. The number of aromatic nitrogens is 1. The number of carboxylic acid groups (broad SMARTS) is 1. The zero-order valence-corrected chi connectivity index (χ0v) is 18.8. The van der Waals surface area contributed by atoms with Crippen LogP contribution in [0.25, 0.3) is 10.9 Å². The number of hydrogen-bond donors (Lipinski definition) is 5. The van der Waals surface area contributed by atoms with Crippen LogP contribution in [-0.4, -0.2) is 34.1 Å². The lowest BCUT2D eigenvalue weighted by molar-refractivity contribution is 0.0935. The van der Waals surface area contributed by atoms with Crippen molar-refractivity contribution in [3.05, 3.63) is 59.3 Å². The minimum atomic E-state index is -1.18. The van der Waals surface area contributed by atoms with Gasteiger partial charge in [-0.1, -0.05) is 31.4 Å². The number of rotatable bonds is 7. The summed E-state index contributed by atoms with van der Waals surface area (Å²) in [6.45, 7) is 0.897. The van der Waals surface area contributed by atoms with Crippen molar-refractivity contribution in [3.63, 3.8) is 0 Å². The molecule has 9 nitrogen and oxygen atoms in total. The number of nitrogens with one attached hydrogen (secondary N) is 2. The smallest absolute Gasteiger partial charge is 0.409 e. The Morgan fingerprint density at radius 1 is 1.03 bits per heavy atom. The maximum absolute atomic E-state index is 13.3. The summed E-state index contributed by atoms with van der Waals surface area (Å²) < 4.78 is 1.78. The summed E-state index contributed by atoms with van der Waals surface area (Å²) >= 11 is 0. The molecular weight excluding hydrogens is 434 g/mol. The first kappa shape index (κ1) is 23.2. The van der Waals surface area contributed by atoms with Crippen molar-refractivity contribution < 1.29 is 19.5 Å². The molecule has 178 valence electrons. The van der Waals surface area contributed by atoms with Crippen LogP contribution in [0.2, 0.25) is 0 Å². The Kier molecular flexibility index (Phi) is 6.72. The van der Waals surface area contributed by atoms with Crippen molar-refractivity contribution in [1.29, 1.82) is 0 Å². The second kappa shape index (κ2) is 9.86. The number of amides is 3. The van der Waals surface area contributed by atoms with Crippen LogP contribution in [0.15, 0.2) is 42.5 Å². The lowest BCUT2D eigenvalue weighted by Crippen LogP contribution is -2.32. The fraction of sp³-hybridized carbons (Fsp3) is 0.320. The van der Waals surface area contributed by atoms with Crippen molar-refractivity contribution in [1.82, 2.24) is 9.88 Å². The highest BCUT2D eigenvalue weighted by Crippen LogP contribution is 2.32. The summed E-state index contributed by atoms with van der Waals surface area (Å²) in [5.74, 6) is -0.320. The second-order valence-electron chi connectivity index (χ2n) is 8.79. The number of nitrogen functional groups attached to an aromatic ring is 1. The van der Waals surface area contributed by atoms with Crippen molar-refractivity contribution >= 4 is 40.2 Å². The predicted octanol–water partition coefficient (Wildman–Crippen LogP) is 3.77. The van der Waals surface area contributed by atoms with Crippen LogP contribution in [0.4, 0.5) is 16.2 Å². The molecule has 1 heterocycles. The largest absolute Gasteiger partial charge is 0.465 e. The Balaban J connectivity index is 1.71. The fourth-order valence-electron chi connectivity index (χ4n) is 4.66. The van der Waals surface area contributed by atoms with Crippen molar-refractivity contribution in [2.24, 2.45) is 11.7 Å². The molecule has 1 aliphatic rings. The van der Waals surface area contributed by atoms with E-state index in [9.17, 15) is 14.4 Å². The molecule has 1 saturated carbocycles. The molecule has 1 aliphatic carbocycles. The molecular formula is C25H29N5O4. The van der Waals surface area contributed by atoms with Gasteiger partial charge in [-0.05, 0) is 54.7 Å². The van der Waals surface area contributed by atoms with Gasteiger partial charge in [0, 0.05) is 29.7 Å². The Morgan fingerprint density at radius 3 is 2.38 bits per heavy atom. The molecule has 0 atom stereocenters. The first-order valence-corrected chi connectivity index (χ1v) is 11.4. The topological polar surface area (TPSA) is 152 Å². The molecule has 4 rings (SSSR count). The van der Waals surface area contributed by atoms with Crippen LogP contribution in [0.1, 0.15) is 58.5 Å². The molecule has 0 saturated heterocycles. The third-order valence-corrected chi connectivity index (χ3v) is 6.43. The molecule has 7 N–H and O–H groups in total. The standard InChI is InChI=1S/C25H29N5O4/c26-21-19-11-10-18(29-25(33)34)12-20(19)30(14-16-6-8-17(9-7-16)23(27)31)22(21)24(32)28-13-15-4-2-1-3-5-15/h6-12,15,29H,1-5,13-14,26H2,(H2,27,31)(H,28,32)(H,33,34). The van der Waals surface area contributed by atoms with E-state index in [4.69, 9.17) is 16.6 Å². The lowest BCUT2D eigenvalue weighted by atomic mass is 9.89. The van der Waals surface area contributed by atoms with Gasteiger partial charge in [0.25, 0.3) is 5.91 Å². The van der Waals surface area contributed by atoms with Gasteiger partial charge in [0.1, 0.15) is 5.69 Å². The van der Waals surface area contributed by atoms with Crippen molar-refractivity contribution in [2.75, 3.05) is 17.6 Å². The molecule has 0 spiro atoms. The van der Waals surface area contributed by atoms with Crippen LogP contribution < -0.4 is 22.1 Å². The van der Waals surface area contributed by atoms with Gasteiger partial charge < -0.3 is 26.5 Å². The van der Waals surface area contributed by atoms with Crippen LogP contribution in [-0.2, 0) is 6.54 Å². The number of nitrogens with zero attached hydrogens (tertiary/aromatic N) is 1. The van der Waals surface area contributed by atoms with E-state index in [1.807, 2.05) is 0 Å². The zero-order chi connectivity index (χ0) is 24.2. The molecule has 9 heteroatoms. The summed E-state index contributed by atoms with van der Waals surface area (Å²) in [6, 6.07) is 11.8. The highest BCUT2D eigenvalue weighted by molar-refractivity contribution is 6.09. The van der Waals surface area contributed by atoms with Gasteiger partial charge in [-0.25, -0.2) is 4.79 Å². The first-order chi connectivity index (χ1) is 16.3. The minimum absolute atomic E-state index is 0.263. The van der Waals surface area contributed by atoms with Crippen LogP contribution in [0, 0.1) is 5.92 Å². The maximum Gasteiger partial charge on any atom is 0.409 e. The van der Waals surface area contributed by atoms with Gasteiger partial charge in [0.2, 0.25) is 5.91 Å². The summed E-state index contributed by atoms with van der Waals surface area (Å²) in [7, 11) is 0. The fourth-order valence-corrected chi connectivity index (χ4v) is 4.66. The summed E-state index contributed by atoms with van der Waals surface area (Å²) in [5.41, 5.74) is 14.7. The molecule has 3 amide bonds. The molecule has 0 unspecified atom stereocenters. The van der Waals surface area contributed by atoms with E-state index in [-0.39, 0.29) is 5.91 Å². The number of carbonyl (C=O) groups is 3. The lowest BCUT2D eigenvalue weighted by Gasteiger charge is -2.22. The number of primary amides is 1. The van der Waals surface area contributed by atoms with E-state index in [0.29, 0.717) is 52.5 Å². The van der Waals surface area contributed by atoms with Crippen LogP contribution in [0.5, 0.6) is 0 Å².